The number of amides is 1. The number of hydrogen-bond acceptors (Lipinski definition) is 4. The fraction of sp³-hybridized carbons (Fsp3) is 0.167. The topological polar surface area (TPSA) is 99.0 Å². The third-order valence-corrected chi connectivity index (χ3v) is 3.45. The summed E-state index contributed by atoms with van der Waals surface area (Å²) >= 11 is 3.31. The number of hydrogen-bond donors (Lipinski definition) is 3. The lowest BCUT2D eigenvalue weighted by molar-refractivity contribution is 0.100. The van der Waals surface area contributed by atoms with Gasteiger partial charge in [-0.15, -0.1) is 0 Å². The van der Waals surface area contributed by atoms with Crippen molar-refractivity contribution in [3.63, 3.8) is 0 Å². The molecule has 0 aliphatic rings. The monoisotopic (exact) mass is 323 g/mol. The van der Waals surface area contributed by atoms with Crippen molar-refractivity contribution in [1.82, 2.24) is 9.78 Å². The molecule has 0 saturated heterocycles. The van der Waals surface area contributed by atoms with E-state index in [0.29, 0.717) is 28.1 Å². The molecule has 2 aromatic rings. The molecule has 0 bridgehead atoms. The van der Waals surface area contributed by atoms with Crippen LogP contribution >= 0.6 is 15.9 Å². The van der Waals surface area contributed by atoms with E-state index >= 15 is 0 Å². The highest BCUT2D eigenvalue weighted by Crippen LogP contribution is 2.25. The first kappa shape index (κ1) is 13.4. The van der Waals surface area contributed by atoms with Gasteiger partial charge in [0.05, 0.1) is 11.8 Å². The van der Waals surface area contributed by atoms with Crippen LogP contribution in [0.15, 0.2) is 28.9 Å². The second kappa shape index (κ2) is 5.31. The van der Waals surface area contributed by atoms with Gasteiger partial charge in [-0.05, 0) is 28.1 Å². The summed E-state index contributed by atoms with van der Waals surface area (Å²) in [5.41, 5.74) is 13.2. The minimum absolute atomic E-state index is 0.421. The number of nitrogens with two attached hydrogens (primary N) is 2. The zero-order valence-electron chi connectivity index (χ0n) is 10.4. The van der Waals surface area contributed by atoms with E-state index in [4.69, 9.17) is 11.5 Å². The van der Waals surface area contributed by atoms with Crippen LogP contribution in [0.2, 0.25) is 0 Å². The average Bonchev–Trinajstić information content (AvgIpc) is 2.67. The smallest absolute Gasteiger partial charge is 0.251 e. The predicted octanol–water partition coefficient (Wildman–Crippen LogP) is 1.48. The molecule has 5 N–H and O–H groups in total. The summed E-state index contributed by atoms with van der Waals surface area (Å²) in [6.45, 7) is 0.469. The molecule has 0 saturated carbocycles. The normalized spacial score (nSPS) is 10.4. The number of benzene rings is 1. The lowest BCUT2D eigenvalue weighted by Crippen LogP contribution is -2.15. The van der Waals surface area contributed by atoms with Gasteiger partial charge in [-0.3, -0.25) is 9.48 Å². The van der Waals surface area contributed by atoms with Gasteiger partial charge >= 0.3 is 0 Å². The molecular formula is C12H14BrN5O. The lowest BCUT2D eigenvalue weighted by Gasteiger charge is -2.11. The van der Waals surface area contributed by atoms with Crippen LogP contribution in [0.5, 0.6) is 0 Å². The van der Waals surface area contributed by atoms with Crippen LogP contribution in [0, 0.1) is 0 Å². The van der Waals surface area contributed by atoms with Crippen LogP contribution in [0.4, 0.5) is 11.5 Å². The molecule has 0 radical (unpaired) electrons. The molecule has 0 aliphatic carbocycles. The number of anilines is 2. The molecule has 1 heterocycles. The quantitative estimate of drug-likeness (QED) is 0.793. The minimum atomic E-state index is -0.492. The van der Waals surface area contributed by atoms with Gasteiger partial charge in [0.2, 0.25) is 0 Å². The lowest BCUT2D eigenvalue weighted by atomic mass is 10.1. The van der Waals surface area contributed by atoms with Crippen LogP contribution in [-0.2, 0) is 13.6 Å². The first-order valence-electron chi connectivity index (χ1n) is 5.59. The van der Waals surface area contributed by atoms with Crippen molar-refractivity contribution < 1.29 is 4.79 Å². The Bertz CT molecular complexity index is 623. The molecule has 0 atom stereocenters. The Morgan fingerprint density at radius 3 is 2.84 bits per heavy atom. The Labute approximate surface area is 118 Å². The van der Waals surface area contributed by atoms with Crippen molar-refractivity contribution in [2.45, 2.75) is 6.54 Å². The fourth-order valence-electron chi connectivity index (χ4n) is 1.74. The Kier molecular flexibility index (Phi) is 3.75. The van der Waals surface area contributed by atoms with Crippen molar-refractivity contribution in [2.24, 2.45) is 12.8 Å². The molecule has 1 aromatic heterocycles. The SMILES string of the molecule is Cn1ncc(CNc2cccc(Br)c2C(N)=O)c1N. The summed E-state index contributed by atoms with van der Waals surface area (Å²) in [5, 5.41) is 7.20. The Morgan fingerprint density at radius 1 is 1.53 bits per heavy atom. The third-order valence-electron chi connectivity index (χ3n) is 2.79. The van der Waals surface area contributed by atoms with E-state index in [-0.39, 0.29) is 0 Å². The van der Waals surface area contributed by atoms with E-state index in [0.717, 1.165) is 5.56 Å². The molecule has 2 rings (SSSR count). The molecule has 7 heteroatoms. The Balaban J connectivity index is 2.23. The predicted molar refractivity (Wildman–Crippen MR) is 77.6 cm³/mol. The van der Waals surface area contributed by atoms with Crippen molar-refractivity contribution in [1.29, 1.82) is 0 Å². The Morgan fingerprint density at radius 2 is 2.26 bits per heavy atom. The molecule has 0 spiro atoms. The largest absolute Gasteiger partial charge is 0.384 e. The van der Waals surface area contributed by atoms with Crippen LogP contribution in [0.3, 0.4) is 0 Å². The molecule has 19 heavy (non-hydrogen) atoms. The summed E-state index contributed by atoms with van der Waals surface area (Å²) in [4.78, 5) is 11.4. The number of carbonyl (C=O) groups excluding carboxylic acids is 1. The highest BCUT2D eigenvalue weighted by Gasteiger charge is 2.12. The highest BCUT2D eigenvalue weighted by molar-refractivity contribution is 9.10. The van der Waals surface area contributed by atoms with E-state index < -0.39 is 5.91 Å². The van der Waals surface area contributed by atoms with Crippen LogP contribution in [0.1, 0.15) is 15.9 Å². The number of rotatable bonds is 4. The van der Waals surface area contributed by atoms with Gasteiger partial charge in [0.15, 0.2) is 0 Å². The number of primary amides is 1. The molecular weight excluding hydrogens is 310 g/mol. The van der Waals surface area contributed by atoms with Gasteiger partial charge in [0, 0.05) is 29.3 Å². The van der Waals surface area contributed by atoms with E-state index in [9.17, 15) is 4.79 Å². The van der Waals surface area contributed by atoms with Gasteiger partial charge in [-0.25, -0.2) is 0 Å². The number of nitrogens with zero attached hydrogens (tertiary/aromatic N) is 2. The molecule has 0 aliphatic heterocycles. The average molecular weight is 324 g/mol. The van der Waals surface area contributed by atoms with Gasteiger partial charge in [0.1, 0.15) is 5.82 Å². The molecule has 6 nitrogen and oxygen atoms in total. The van der Waals surface area contributed by atoms with E-state index in [1.807, 2.05) is 6.07 Å². The number of halogens is 1. The van der Waals surface area contributed by atoms with E-state index in [1.54, 1.807) is 30.1 Å². The van der Waals surface area contributed by atoms with Crippen molar-refractivity contribution in [3.05, 3.63) is 40.0 Å². The number of nitrogen functional groups attached to an aromatic ring is 1. The number of aryl methyl sites for hydroxylation is 1. The highest BCUT2D eigenvalue weighted by atomic mass is 79.9. The summed E-state index contributed by atoms with van der Waals surface area (Å²) < 4.78 is 2.25. The van der Waals surface area contributed by atoms with Gasteiger partial charge in [-0.2, -0.15) is 5.10 Å². The summed E-state index contributed by atoms with van der Waals surface area (Å²) in [5.74, 6) is 0.0947. The number of aromatic nitrogens is 2. The molecule has 0 unspecified atom stereocenters. The van der Waals surface area contributed by atoms with Gasteiger partial charge in [-0.1, -0.05) is 6.07 Å². The van der Waals surface area contributed by atoms with Crippen molar-refractivity contribution >= 4 is 33.3 Å². The first-order chi connectivity index (χ1) is 9.00. The third kappa shape index (κ3) is 2.70. The minimum Gasteiger partial charge on any atom is -0.384 e. The maximum Gasteiger partial charge on any atom is 0.251 e. The van der Waals surface area contributed by atoms with Crippen LogP contribution in [-0.4, -0.2) is 15.7 Å². The maximum atomic E-state index is 11.4. The summed E-state index contributed by atoms with van der Waals surface area (Å²) in [6.07, 6.45) is 1.68. The second-order valence-electron chi connectivity index (χ2n) is 4.06. The maximum absolute atomic E-state index is 11.4. The summed E-state index contributed by atoms with van der Waals surface area (Å²) in [7, 11) is 1.77. The van der Waals surface area contributed by atoms with Gasteiger partial charge < -0.3 is 16.8 Å². The second-order valence-corrected chi connectivity index (χ2v) is 4.91. The molecule has 1 aromatic carbocycles. The van der Waals surface area contributed by atoms with Crippen molar-refractivity contribution in [2.75, 3.05) is 11.1 Å². The van der Waals surface area contributed by atoms with Crippen LogP contribution < -0.4 is 16.8 Å². The zero-order chi connectivity index (χ0) is 14.0. The Hall–Kier alpha value is -2.02. The molecule has 100 valence electrons. The number of nitrogens with one attached hydrogen (secondary N) is 1. The first-order valence-corrected chi connectivity index (χ1v) is 6.38. The molecule has 0 fully saturated rings. The zero-order valence-corrected chi connectivity index (χ0v) is 11.9. The van der Waals surface area contributed by atoms with Crippen molar-refractivity contribution in [3.8, 4) is 0 Å². The van der Waals surface area contributed by atoms with Crippen LogP contribution in [0.25, 0.3) is 0 Å². The van der Waals surface area contributed by atoms with E-state index in [1.165, 1.54) is 0 Å². The molecule has 1 amide bonds. The van der Waals surface area contributed by atoms with Gasteiger partial charge in [0.25, 0.3) is 5.91 Å². The fourth-order valence-corrected chi connectivity index (χ4v) is 2.30. The van der Waals surface area contributed by atoms with E-state index in [2.05, 4.69) is 26.3 Å². The summed E-state index contributed by atoms with van der Waals surface area (Å²) in [6, 6.07) is 5.38. The number of carbonyl (C=O) groups is 1. The standard InChI is InChI=1S/C12H14BrN5O/c1-18-11(14)7(6-17-18)5-16-9-4-2-3-8(13)10(9)12(15)19/h2-4,6,16H,5,14H2,1H3,(H2,15,19).